The number of ether oxygens (including phenoxy) is 1. The maximum Gasteiger partial charge on any atom is 0.326 e. The van der Waals surface area contributed by atoms with Gasteiger partial charge in [-0.2, -0.15) is 4.98 Å². The lowest BCUT2D eigenvalue weighted by Gasteiger charge is -2.13. The SMILES string of the molecule is COc1ccc(CC(Nc2nc3ccccc3o2)C(=O)O)cc1. The van der Waals surface area contributed by atoms with Crippen molar-refractivity contribution >= 4 is 23.1 Å². The Balaban J connectivity index is 1.76. The monoisotopic (exact) mass is 312 g/mol. The van der Waals surface area contributed by atoms with Crippen molar-refractivity contribution in [1.29, 1.82) is 0 Å². The van der Waals surface area contributed by atoms with Gasteiger partial charge in [-0.05, 0) is 29.8 Å². The number of hydrogen-bond donors (Lipinski definition) is 2. The molecule has 6 nitrogen and oxygen atoms in total. The number of fused-ring (bicyclic) bond motifs is 1. The molecule has 1 atom stereocenters. The lowest BCUT2D eigenvalue weighted by atomic mass is 10.1. The smallest absolute Gasteiger partial charge is 0.326 e. The van der Waals surface area contributed by atoms with Gasteiger partial charge in [0.1, 0.15) is 17.3 Å². The Bertz CT molecular complexity index is 778. The van der Waals surface area contributed by atoms with Gasteiger partial charge >= 0.3 is 5.97 Å². The highest BCUT2D eigenvalue weighted by molar-refractivity contribution is 5.78. The molecule has 1 heterocycles. The molecule has 0 fully saturated rings. The predicted molar refractivity (Wildman–Crippen MR) is 85.8 cm³/mol. The lowest BCUT2D eigenvalue weighted by Crippen LogP contribution is -2.31. The van der Waals surface area contributed by atoms with E-state index in [0.29, 0.717) is 17.5 Å². The van der Waals surface area contributed by atoms with Gasteiger partial charge in [0.25, 0.3) is 6.01 Å². The van der Waals surface area contributed by atoms with Crippen molar-refractivity contribution in [3.05, 3.63) is 54.1 Å². The Hall–Kier alpha value is -3.02. The van der Waals surface area contributed by atoms with E-state index in [-0.39, 0.29) is 6.01 Å². The van der Waals surface area contributed by atoms with Crippen LogP contribution >= 0.6 is 0 Å². The topological polar surface area (TPSA) is 84.6 Å². The summed E-state index contributed by atoms with van der Waals surface area (Å²) in [4.78, 5) is 15.7. The second-order valence-electron chi connectivity index (χ2n) is 5.07. The molecule has 0 aliphatic heterocycles. The number of aromatic nitrogens is 1. The molecule has 118 valence electrons. The highest BCUT2D eigenvalue weighted by Crippen LogP contribution is 2.20. The van der Waals surface area contributed by atoms with E-state index in [1.165, 1.54) is 0 Å². The van der Waals surface area contributed by atoms with Crippen LogP contribution in [0, 0.1) is 0 Å². The quantitative estimate of drug-likeness (QED) is 0.728. The molecule has 1 unspecified atom stereocenters. The van der Waals surface area contributed by atoms with E-state index >= 15 is 0 Å². The zero-order valence-electron chi connectivity index (χ0n) is 12.5. The van der Waals surface area contributed by atoms with Crippen LogP contribution in [0.25, 0.3) is 11.1 Å². The third kappa shape index (κ3) is 3.42. The molecule has 0 saturated heterocycles. The van der Waals surface area contributed by atoms with Crippen molar-refractivity contribution in [3.63, 3.8) is 0 Å². The molecule has 0 radical (unpaired) electrons. The van der Waals surface area contributed by atoms with Crippen molar-refractivity contribution in [1.82, 2.24) is 4.98 Å². The van der Waals surface area contributed by atoms with E-state index in [1.54, 1.807) is 25.3 Å². The van der Waals surface area contributed by atoms with Gasteiger partial charge in [0.2, 0.25) is 0 Å². The summed E-state index contributed by atoms with van der Waals surface area (Å²) in [6.07, 6.45) is 0.304. The molecule has 0 aliphatic rings. The van der Waals surface area contributed by atoms with Crippen LogP contribution in [0.3, 0.4) is 0 Å². The molecule has 23 heavy (non-hydrogen) atoms. The number of oxazole rings is 1. The average molecular weight is 312 g/mol. The molecule has 2 N–H and O–H groups in total. The Morgan fingerprint density at radius 1 is 1.26 bits per heavy atom. The normalized spacial score (nSPS) is 12.0. The largest absolute Gasteiger partial charge is 0.497 e. The molecule has 0 bridgehead atoms. The van der Waals surface area contributed by atoms with Gasteiger partial charge < -0.3 is 19.6 Å². The first-order valence-electron chi connectivity index (χ1n) is 7.13. The number of rotatable bonds is 6. The summed E-state index contributed by atoms with van der Waals surface area (Å²) in [6.45, 7) is 0. The molecule has 0 aliphatic carbocycles. The van der Waals surface area contributed by atoms with Crippen LogP contribution in [-0.2, 0) is 11.2 Å². The van der Waals surface area contributed by atoms with Crippen molar-refractivity contribution < 1.29 is 19.1 Å². The molecule has 3 rings (SSSR count). The van der Waals surface area contributed by atoms with Gasteiger partial charge in [-0.25, -0.2) is 4.79 Å². The van der Waals surface area contributed by atoms with Gasteiger partial charge in [-0.3, -0.25) is 0 Å². The van der Waals surface area contributed by atoms with Crippen LogP contribution in [0.5, 0.6) is 5.75 Å². The van der Waals surface area contributed by atoms with Crippen LogP contribution in [-0.4, -0.2) is 29.2 Å². The second kappa shape index (κ2) is 6.39. The summed E-state index contributed by atoms with van der Waals surface area (Å²) in [5.41, 5.74) is 2.17. The van der Waals surface area contributed by atoms with Crippen LogP contribution in [0.4, 0.5) is 6.01 Å². The Morgan fingerprint density at radius 2 is 2.00 bits per heavy atom. The van der Waals surface area contributed by atoms with E-state index in [4.69, 9.17) is 9.15 Å². The molecule has 0 saturated carbocycles. The van der Waals surface area contributed by atoms with Crippen molar-refractivity contribution in [2.75, 3.05) is 12.4 Å². The molecule has 0 amide bonds. The van der Waals surface area contributed by atoms with Gasteiger partial charge in [-0.1, -0.05) is 24.3 Å². The van der Waals surface area contributed by atoms with Crippen molar-refractivity contribution in [2.24, 2.45) is 0 Å². The molecule has 3 aromatic rings. The number of methoxy groups -OCH3 is 1. The van der Waals surface area contributed by atoms with E-state index in [1.807, 2.05) is 30.3 Å². The third-order valence-corrected chi connectivity index (χ3v) is 3.49. The highest BCUT2D eigenvalue weighted by atomic mass is 16.5. The summed E-state index contributed by atoms with van der Waals surface area (Å²) in [5.74, 6) is -0.240. The molecular formula is C17H16N2O4. The molecule has 6 heteroatoms. The van der Waals surface area contributed by atoms with E-state index in [2.05, 4.69) is 10.3 Å². The summed E-state index contributed by atoms with van der Waals surface area (Å²) < 4.78 is 10.6. The number of aliphatic carboxylic acids is 1. The fraction of sp³-hybridized carbons (Fsp3) is 0.176. The summed E-state index contributed by atoms with van der Waals surface area (Å²) in [5, 5.41) is 12.3. The van der Waals surface area contributed by atoms with Gasteiger partial charge in [-0.15, -0.1) is 0 Å². The maximum atomic E-state index is 11.5. The number of benzene rings is 2. The number of carbonyl (C=O) groups is 1. The van der Waals surface area contributed by atoms with Crippen LogP contribution < -0.4 is 10.1 Å². The molecule has 0 spiro atoms. The second-order valence-corrected chi connectivity index (χ2v) is 5.07. The number of hydrogen-bond acceptors (Lipinski definition) is 5. The summed E-state index contributed by atoms with van der Waals surface area (Å²) >= 11 is 0. The zero-order valence-corrected chi connectivity index (χ0v) is 12.5. The number of para-hydroxylation sites is 2. The van der Waals surface area contributed by atoms with Gasteiger partial charge in [0, 0.05) is 6.42 Å². The highest BCUT2D eigenvalue weighted by Gasteiger charge is 2.20. The first-order valence-corrected chi connectivity index (χ1v) is 7.13. The fourth-order valence-electron chi connectivity index (χ4n) is 2.28. The van der Waals surface area contributed by atoms with Crippen LogP contribution in [0.15, 0.2) is 52.9 Å². The lowest BCUT2D eigenvalue weighted by molar-refractivity contribution is -0.137. The number of carboxylic acids is 1. The number of nitrogens with one attached hydrogen (secondary N) is 1. The number of anilines is 1. The predicted octanol–water partition coefficient (Wildman–Crippen LogP) is 2.94. The van der Waals surface area contributed by atoms with Crippen molar-refractivity contribution in [3.8, 4) is 5.75 Å². The minimum atomic E-state index is -0.969. The van der Waals surface area contributed by atoms with E-state index in [9.17, 15) is 9.90 Å². The van der Waals surface area contributed by atoms with Crippen LogP contribution in [0.1, 0.15) is 5.56 Å². The average Bonchev–Trinajstić information content (AvgIpc) is 2.97. The molecule has 2 aromatic carbocycles. The Morgan fingerprint density at radius 3 is 2.65 bits per heavy atom. The first kappa shape index (κ1) is 14.9. The number of carboxylic acid groups (broad SMARTS) is 1. The van der Waals surface area contributed by atoms with Gasteiger partial charge in [0.15, 0.2) is 5.58 Å². The third-order valence-electron chi connectivity index (χ3n) is 3.49. The minimum Gasteiger partial charge on any atom is -0.497 e. The number of nitrogens with zero attached hydrogens (tertiary/aromatic N) is 1. The molecule has 1 aromatic heterocycles. The van der Waals surface area contributed by atoms with E-state index in [0.717, 1.165) is 11.3 Å². The fourth-order valence-corrected chi connectivity index (χ4v) is 2.28. The Kier molecular flexibility index (Phi) is 4.14. The first-order chi connectivity index (χ1) is 11.2. The Labute approximate surface area is 132 Å². The minimum absolute atomic E-state index is 0.201. The molecular weight excluding hydrogens is 296 g/mol. The van der Waals surface area contributed by atoms with Crippen molar-refractivity contribution in [2.45, 2.75) is 12.5 Å². The van der Waals surface area contributed by atoms with E-state index < -0.39 is 12.0 Å². The summed E-state index contributed by atoms with van der Waals surface area (Å²) in [6, 6.07) is 13.9. The van der Waals surface area contributed by atoms with Crippen LogP contribution in [0.2, 0.25) is 0 Å². The maximum absolute atomic E-state index is 11.5. The standard InChI is InChI=1S/C17H16N2O4/c1-22-12-8-6-11(7-9-12)10-14(16(20)21)19-17-18-13-4-2-3-5-15(13)23-17/h2-9,14H,10H2,1H3,(H,18,19)(H,20,21). The van der Waals surface area contributed by atoms with Gasteiger partial charge in [0.05, 0.1) is 7.11 Å². The zero-order chi connectivity index (χ0) is 16.2. The summed E-state index contributed by atoms with van der Waals surface area (Å²) in [7, 11) is 1.59.